The third-order valence-corrected chi connectivity index (χ3v) is 10.1. The molecular formula is C43H42FN9O4. The van der Waals surface area contributed by atoms with Gasteiger partial charge in [-0.25, -0.2) is 9.49 Å². The topological polar surface area (TPSA) is 158 Å². The number of H-pyrrole nitrogens is 1. The minimum atomic E-state index is -0.575. The predicted octanol–water partition coefficient (Wildman–Crippen LogP) is 7.05. The summed E-state index contributed by atoms with van der Waals surface area (Å²) in [6.07, 6.45) is 3.85. The normalized spacial score (nSPS) is 14.0. The Hall–Kier alpha value is -6.83. The van der Waals surface area contributed by atoms with Crippen LogP contribution >= 0.6 is 0 Å². The summed E-state index contributed by atoms with van der Waals surface area (Å²) in [4.78, 5) is 52.9. The van der Waals surface area contributed by atoms with E-state index in [-0.39, 0.29) is 34.8 Å². The number of rotatable bonds is 8. The molecule has 0 unspecified atom stereocenters. The molecule has 0 spiro atoms. The van der Waals surface area contributed by atoms with Crippen LogP contribution in [0.15, 0.2) is 112 Å². The summed E-state index contributed by atoms with van der Waals surface area (Å²) < 4.78 is 16.1. The SMILES string of the molecule is Cc1ccccc1N=Nc1ccc(NC(=O)c2ccnn2C)c(C)c1.O=C(c1cc(Cc2n[nH]c(=O)c3ccccc23)ccc1F)N1CCN(C(=O)C2CC2)CC1. The van der Waals surface area contributed by atoms with Crippen LogP contribution in [0.3, 0.4) is 0 Å². The Labute approximate surface area is 328 Å². The molecule has 1 saturated heterocycles. The van der Waals surface area contributed by atoms with Gasteiger partial charge in [0.25, 0.3) is 17.4 Å². The maximum atomic E-state index is 14.6. The molecule has 3 amide bonds. The van der Waals surface area contributed by atoms with Crippen LogP contribution in [0, 0.1) is 25.6 Å². The van der Waals surface area contributed by atoms with Crippen molar-refractivity contribution in [3.05, 3.63) is 147 Å². The molecule has 0 atom stereocenters. The van der Waals surface area contributed by atoms with E-state index in [1.807, 2.05) is 68.4 Å². The third kappa shape index (κ3) is 9.01. The zero-order valence-corrected chi connectivity index (χ0v) is 31.9. The summed E-state index contributed by atoms with van der Waals surface area (Å²) in [6, 6.07) is 26.7. The number of anilines is 1. The highest BCUT2D eigenvalue weighted by Crippen LogP contribution is 2.31. The van der Waals surface area contributed by atoms with Crippen LogP contribution < -0.4 is 10.9 Å². The molecule has 0 bridgehead atoms. The standard InChI is InChI=1S/C24H23FN4O3.C19H19N5O/c25-20-8-5-15(14-21-17-3-1-2-4-18(17)22(30)27-26-21)13-19(20)24(32)29-11-9-28(10-12-29)23(31)16-6-7-16;1-13-6-4-5-7-17(13)23-22-15-8-9-16(14(2)12-15)21-19(25)18-10-11-20-24(18)3/h1-5,8,13,16H,6-7,9-12,14H2,(H,27,30);4-12H,1-3H3,(H,21,25). The second-order valence-corrected chi connectivity index (χ2v) is 14.2. The van der Waals surface area contributed by atoms with E-state index in [1.165, 1.54) is 10.7 Å². The van der Waals surface area contributed by atoms with E-state index < -0.39 is 5.82 Å². The van der Waals surface area contributed by atoms with Gasteiger partial charge in [0, 0.05) is 62.8 Å². The molecule has 2 N–H and O–H groups in total. The number of nitrogens with one attached hydrogen (secondary N) is 2. The summed E-state index contributed by atoms with van der Waals surface area (Å²) in [7, 11) is 1.73. The second kappa shape index (κ2) is 16.9. The fourth-order valence-corrected chi connectivity index (χ4v) is 6.66. The number of aromatic nitrogens is 4. The van der Waals surface area contributed by atoms with E-state index in [0.29, 0.717) is 49.4 Å². The van der Waals surface area contributed by atoms with Gasteiger partial charge in [0.1, 0.15) is 11.5 Å². The molecule has 1 saturated carbocycles. The van der Waals surface area contributed by atoms with E-state index in [0.717, 1.165) is 52.0 Å². The molecule has 6 aromatic rings. The molecule has 57 heavy (non-hydrogen) atoms. The fraction of sp³-hybridized carbons (Fsp3) is 0.256. The van der Waals surface area contributed by atoms with Crippen LogP contribution in [0.1, 0.15) is 56.1 Å². The van der Waals surface area contributed by atoms with Gasteiger partial charge in [-0.05, 0) is 91.9 Å². The van der Waals surface area contributed by atoms with Crippen molar-refractivity contribution in [3.8, 4) is 0 Å². The van der Waals surface area contributed by atoms with Gasteiger partial charge in [-0.1, -0.05) is 42.5 Å². The number of amides is 3. The zero-order valence-electron chi connectivity index (χ0n) is 31.9. The lowest BCUT2D eigenvalue weighted by Crippen LogP contribution is -2.51. The Morgan fingerprint density at radius 3 is 2.26 bits per heavy atom. The van der Waals surface area contributed by atoms with Gasteiger partial charge in [-0.15, -0.1) is 0 Å². The Morgan fingerprint density at radius 1 is 0.842 bits per heavy atom. The minimum absolute atomic E-state index is 0.0122. The van der Waals surface area contributed by atoms with Gasteiger partial charge in [0.05, 0.1) is 28.0 Å². The van der Waals surface area contributed by atoms with Crippen molar-refractivity contribution in [1.29, 1.82) is 0 Å². The summed E-state index contributed by atoms with van der Waals surface area (Å²) >= 11 is 0. The molecule has 3 heterocycles. The first kappa shape index (κ1) is 38.4. The zero-order chi connectivity index (χ0) is 40.1. The lowest BCUT2D eigenvalue weighted by molar-refractivity contribution is -0.134. The van der Waals surface area contributed by atoms with Crippen molar-refractivity contribution in [3.63, 3.8) is 0 Å². The van der Waals surface area contributed by atoms with Crippen molar-refractivity contribution in [1.82, 2.24) is 29.8 Å². The van der Waals surface area contributed by atoms with E-state index in [9.17, 15) is 23.6 Å². The number of piperazine rings is 1. The van der Waals surface area contributed by atoms with Crippen LogP contribution in [-0.4, -0.2) is 73.7 Å². The average Bonchev–Trinajstić information content (AvgIpc) is 3.99. The number of hydrogen-bond acceptors (Lipinski definition) is 8. The van der Waals surface area contributed by atoms with E-state index >= 15 is 0 Å². The fourth-order valence-electron chi connectivity index (χ4n) is 6.66. The molecule has 14 heteroatoms. The molecule has 1 aliphatic heterocycles. The average molecular weight is 768 g/mol. The van der Waals surface area contributed by atoms with E-state index in [1.54, 1.807) is 53.4 Å². The molecule has 0 radical (unpaired) electrons. The van der Waals surface area contributed by atoms with Crippen LogP contribution in [0.2, 0.25) is 0 Å². The number of nitrogens with zero attached hydrogens (tertiary/aromatic N) is 7. The Bertz CT molecular complexity index is 2550. The highest BCUT2D eigenvalue weighted by molar-refractivity contribution is 6.03. The van der Waals surface area contributed by atoms with Crippen molar-refractivity contribution >= 4 is 45.6 Å². The summed E-state index contributed by atoms with van der Waals surface area (Å²) in [5.41, 5.74) is 5.92. The lowest BCUT2D eigenvalue weighted by Gasteiger charge is -2.35. The molecule has 2 fully saturated rings. The molecule has 1 aliphatic carbocycles. The van der Waals surface area contributed by atoms with Gasteiger partial charge >= 0.3 is 0 Å². The highest BCUT2D eigenvalue weighted by atomic mass is 19.1. The lowest BCUT2D eigenvalue weighted by atomic mass is 10.0. The van der Waals surface area contributed by atoms with E-state index in [4.69, 9.17) is 0 Å². The number of benzene rings is 4. The number of halogens is 1. The largest absolute Gasteiger partial charge is 0.339 e. The first-order valence-corrected chi connectivity index (χ1v) is 18.8. The first-order valence-electron chi connectivity index (χ1n) is 18.8. The second-order valence-electron chi connectivity index (χ2n) is 14.2. The van der Waals surface area contributed by atoms with Crippen molar-refractivity contribution in [2.45, 2.75) is 33.1 Å². The first-order chi connectivity index (χ1) is 27.5. The van der Waals surface area contributed by atoms with Gasteiger partial charge in [-0.2, -0.15) is 20.4 Å². The van der Waals surface area contributed by atoms with Crippen LogP contribution in [0.4, 0.5) is 21.5 Å². The summed E-state index contributed by atoms with van der Waals surface area (Å²) in [5.74, 6) is -0.816. The summed E-state index contributed by atoms with van der Waals surface area (Å²) in [6.45, 7) is 5.67. The molecule has 2 aliphatic rings. The third-order valence-electron chi connectivity index (χ3n) is 10.1. The number of aromatic amines is 1. The molecule has 4 aromatic carbocycles. The maximum Gasteiger partial charge on any atom is 0.273 e. The Kier molecular flexibility index (Phi) is 11.4. The Morgan fingerprint density at radius 2 is 1.56 bits per heavy atom. The Balaban J connectivity index is 0.000000180. The molecular weight excluding hydrogens is 726 g/mol. The number of aryl methyl sites for hydroxylation is 3. The summed E-state index contributed by atoms with van der Waals surface area (Å²) in [5, 5.41) is 23.4. The van der Waals surface area contributed by atoms with Gasteiger partial charge in [0.15, 0.2) is 0 Å². The van der Waals surface area contributed by atoms with Gasteiger partial charge in [0.2, 0.25) is 5.91 Å². The molecule has 2 aromatic heterocycles. The molecule has 290 valence electrons. The molecule has 13 nitrogen and oxygen atoms in total. The van der Waals surface area contributed by atoms with Crippen LogP contribution in [-0.2, 0) is 18.3 Å². The number of carbonyl (C=O) groups excluding carboxylic acids is 3. The van der Waals surface area contributed by atoms with Crippen molar-refractivity contribution < 1.29 is 18.8 Å². The quantitative estimate of drug-likeness (QED) is 0.158. The van der Waals surface area contributed by atoms with Gasteiger partial charge < -0.3 is 15.1 Å². The number of fused-ring (bicyclic) bond motifs is 1. The maximum absolute atomic E-state index is 14.6. The number of hydrogen-bond donors (Lipinski definition) is 2. The smallest absolute Gasteiger partial charge is 0.273 e. The van der Waals surface area contributed by atoms with Crippen LogP contribution in [0.25, 0.3) is 10.8 Å². The van der Waals surface area contributed by atoms with Gasteiger partial charge in [-0.3, -0.25) is 23.9 Å². The van der Waals surface area contributed by atoms with E-state index in [2.05, 4.69) is 30.8 Å². The monoisotopic (exact) mass is 767 g/mol. The number of carbonyl (C=O) groups is 3. The molecule has 8 rings (SSSR count). The minimum Gasteiger partial charge on any atom is -0.339 e. The van der Waals surface area contributed by atoms with Crippen molar-refractivity contribution in [2.75, 3.05) is 31.5 Å². The highest BCUT2D eigenvalue weighted by Gasteiger charge is 2.35. The van der Waals surface area contributed by atoms with Crippen molar-refractivity contribution in [2.24, 2.45) is 23.2 Å². The number of azo groups is 1. The van der Waals surface area contributed by atoms with Crippen LogP contribution in [0.5, 0.6) is 0 Å². The predicted molar refractivity (Wildman–Crippen MR) is 214 cm³/mol.